The van der Waals surface area contributed by atoms with Gasteiger partial charge >= 0.3 is 0 Å². The summed E-state index contributed by atoms with van der Waals surface area (Å²) in [7, 11) is 0. The van der Waals surface area contributed by atoms with Crippen LogP contribution in [0.1, 0.15) is 26.7 Å². The molecule has 3 fully saturated rings. The molecule has 3 aliphatic rings. The molecular formula is C14H23N3O3. The van der Waals surface area contributed by atoms with Crippen molar-refractivity contribution < 1.29 is 14.3 Å². The lowest BCUT2D eigenvalue weighted by Gasteiger charge is -2.41. The van der Waals surface area contributed by atoms with Crippen LogP contribution in [-0.2, 0) is 14.3 Å². The van der Waals surface area contributed by atoms with Crippen LogP contribution in [0.2, 0.25) is 0 Å². The van der Waals surface area contributed by atoms with Crippen molar-refractivity contribution in [1.82, 2.24) is 15.1 Å². The molecule has 3 heterocycles. The summed E-state index contributed by atoms with van der Waals surface area (Å²) in [6.07, 6.45) is 2.47. The van der Waals surface area contributed by atoms with Gasteiger partial charge in [-0.2, -0.15) is 0 Å². The number of piperazine rings is 1. The summed E-state index contributed by atoms with van der Waals surface area (Å²) in [4.78, 5) is 28.1. The third-order valence-electron chi connectivity index (χ3n) is 4.49. The molecule has 0 aromatic carbocycles. The first-order valence-electron chi connectivity index (χ1n) is 7.42. The van der Waals surface area contributed by atoms with Crippen LogP contribution in [0.3, 0.4) is 0 Å². The molecule has 1 N–H and O–H groups in total. The smallest absolute Gasteiger partial charge is 0.248 e. The third-order valence-corrected chi connectivity index (χ3v) is 4.49. The van der Waals surface area contributed by atoms with Gasteiger partial charge in [0.25, 0.3) is 0 Å². The Bertz CT molecular complexity index is 424. The number of nitrogens with one attached hydrogen (secondary N) is 1. The first-order chi connectivity index (χ1) is 9.45. The molecule has 2 atom stereocenters. The van der Waals surface area contributed by atoms with Gasteiger partial charge in [-0.15, -0.1) is 0 Å². The molecule has 6 heteroatoms. The summed E-state index contributed by atoms with van der Waals surface area (Å²) in [5.74, 6) is -0.117. The van der Waals surface area contributed by atoms with E-state index in [-0.39, 0.29) is 24.5 Å². The van der Waals surface area contributed by atoms with Gasteiger partial charge in [0.05, 0.1) is 19.3 Å². The Kier molecular flexibility index (Phi) is 3.46. The number of carbonyl (C=O) groups excluding carboxylic acids is 2. The van der Waals surface area contributed by atoms with Gasteiger partial charge in [0.15, 0.2) is 0 Å². The highest BCUT2D eigenvalue weighted by Gasteiger charge is 2.41. The molecule has 0 spiro atoms. The van der Waals surface area contributed by atoms with Gasteiger partial charge in [0, 0.05) is 19.1 Å². The maximum atomic E-state index is 12.3. The van der Waals surface area contributed by atoms with Gasteiger partial charge in [-0.3, -0.25) is 14.5 Å². The van der Waals surface area contributed by atoms with E-state index in [1.54, 1.807) is 18.7 Å². The number of rotatable bonds is 2. The second-order valence-corrected chi connectivity index (χ2v) is 6.61. The highest BCUT2D eigenvalue weighted by molar-refractivity contribution is 5.97. The fraction of sp³-hybridized carbons (Fsp3) is 0.857. The van der Waals surface area contributed by atoms with Crippen LogP contribution >= 0.6 is 0 Å². The van der Waals surface area contributed by atoms with E-state index in [2.05, 4.69) is 10.2 Å². The lowest BCUT2D eigenvalue weighted by atomic mass is 10.00. The fourth-order valence-electron chi connectivity index (χ4n) is 3.47. The second kappa shape index (κ2) is 5.00. The first kappa shape index (κ1) is 13.8. The zero-order valence-electron chi connectivity index (χ0n) is 12.2. The van der Waals surface area contributed by atoms with Crippen molar-refractivity contribution in [2.45, 2.75) is 44.4 Å². The zero-order valence-corrected chi connectivity index (χ0v) is 12.2. The summed E-state index contributed by atoms with van der Waals surface area (Å²) in [6, 6.07) is 0.558. The number of morpholine rings is 1. The normalized spacial score (nSPS) is 34.0. The summed E-state index contributed by atoms with van der Waals surface area (Å²) < 4.78 is 5.88. The number of fused-ring (bicyclic) bond motifs is 1. The van der Waals surface area contributed by atoms with E-state index in [4.69, 9.17) is 4.74 Å². The van der Waals surface area contributed by atoms with Gasteiger partial charge in [0.2, 0.25) is 11.8 Å². The zero-order chi connectivity index (χ0) is 14.3. The Morgan fingerprint density at radius 2 is 2.20 bits per heavy atom. The third kappa shape index (κ3) is 2.54. The van der Waals surface area contributed by atoms with Gasteiger partial charge < -0.3 is 15.0 Å². The molecule has 0 radical (unpaired) electrons. The summed E-state index contributed by atoms with van der Waals surface area (Å²) in [5.41, 5.74) is -0.805. The Morgan fingerprint density at radius 3 is 3.00 bits per heavy atom. The summed E-state index contributed by atoms with van der Waals surface area (Å²) in [6.45, 7) is 6.91. The van der Waals surface area contributed by atoms with Crippen LogP contribution < -0.4 is 5.32 Å². The fourth-order valence-corrected chi connectivity index (χ4v) is 3.47. The Hall–Kier alpha value is -1.14. The molecule has 0 aromatic heterocycles. The largest absolute Gasteiger partial charge is 0.373 e. The molecule has 0 bridgehead atoms. The van der Waals surface area contributed by atoms with E-state index >= 15 is 0 Å². The molecule has 0 aromatic rings. The van der Waals surface area contributed by atoms with Gasteiger partial charge in [0.1, 0.15) is 5.54 Å². The SMILES string of the molecule is CC1(C)NC(=O)CN(CC2CN3CCCC3CO2)C1=O. The molecule has 3 rings (SSSR count). The van der Waals surface area contributed by atoms with Crippen molar-refractivity contribution in [2.75, 3.05) is 32.8 Å². The van der Waals surface area contributed by atoms with Gasteiger partial charge in [-0.1, -0.05) is 0 Å². The minimum absolute atomic E-state index is 0.0231. The monoisotopic (exact) mass is 281 g/mol. The minimum Gasteiger partial charge on any atom is -0.373 e. The van der Waals surface area contributed by atoms with E-state index in [1.165, 1.54) is 12.8 Å². The predicted molar refractivity (Wildman–Crippen MR) is 73.1 cm³/mol. The average molecular weight is 281 g/mol. The molecule has 0 saturated carbocycles. The number of ether oxygens (including phenoxy) is 1. The number of carbonyl (C=O) groups is 2. The maximum Gasteiger partial charge on any atom is 0.248 e. The van der Waals surface area contributed by atoms with Crippen LogP contribution in [-0.4, -0.2) is 72.1 Å². The highest BCUT2D eigenvalue weighted by atomic mass is 16.5. The lowest BCUT2D eigenvalue weighted by molar-refractivity contribution is -0.151. The second-order valence-electron chi connectivity index (χ2n) is 6.61. The lowest BCUT2D eigenvalue weighted by Crippen LogP contribution is -2.65. The molecule has 6 nitrogen and oxygen atoms in total. The van der Waals surface area contributed by atoms with E-state index in [9.17, 15) is 9.59 Å². The molecular weight excluding hydrogens is 258 g/mol. The number of hydrogen-bond donors (Lipinski definition) is 1. The van der Waals surface area contributed by atoms with E-state index < -0.39 is 5.54 Å². The number of nitrogens with zero attached hydrogens (tertiary/aromatic N) is 2. The highest BCUT2D eigenvalue weighted by Crippen LogP contribution is 2.23. The van der Waals surface area contributed by atoms with Crippen molar-refractivity contribution in [1.29, 1.82) is 0 Å². The van der Waals surface area contributed by atoms with E-state index in [1.807, 2.05) is 0 Å². The van der Waals surface area contributed by atoms with Crippen LogP contribution in [0.5, 0.6) is 0 Å². The predicted octanol–water partition coefficient (Wildman–Crippen LogP) is -0.413. The quantitative estimate of drug-likeness (QED) is 0.747. The van der Waals surface area contributed by atoms with Crippen molar-refractivity contribution in [3.8, 4) is 0 Å². The topological polar surface area (TPSA) is 61.9 Å². The Balaban J connectivity index is 1.62. The van der Waals surface area contributed by atoms with Crippen molar-refractivity contribution >= 4 is 11.8 Å². The molecule has 0 aliphatic carbocycles. The van der Waals surface area contributed by atoms with Crippen molar-refractivity contribution in [2.24, 2.45) is 0 Å². The van der Waals surface area contributed by atoms with E-state index in [0.717, 1.165) is 19.7 Å². The summed E-state index contributed by atoms with van der Waals surface area (Å²) >= 11 is 0. The van der Waals surface area contributed by atoms with Crippen LogP contribution in [0.25, 0.3) is 0 Å². The van der Waals surface area contributed by atoms with Gasteiger partial charge in [-0.25, -0.2) is 0 Å². The van der Waals surface area contributed by atoms with Crippen LogP contribution in [0, 0.1) is 0 Å². The van der Waals surface area contributed by atoms with E-state index in [0.29, 0.717) is 12.6 Å². The Labute approximate surface area is 119 Å². The van der Waals surface area contributed by atoms with Crippen LogP contribution in [0.15, 0.2) is 0 Å². The number of hydrogen-bond acceptors (Lipinski definition) is 4. The molecule has 112 valence electrons. The maximum absolute atomic E-state index is 12.3. The molecule has 2 unspecified atom stereocenters. The van der Waals surface area contributed by atoms with Gasteiger partial charge in [-0.05, 0) is 33.2 Å². The van der Waals surface area contributed by atoms with Crippen LogP contribution in [0.4, 0.5) is 0 Å². The minimum atomic E-state index is -0.805. The first-order valence-corrected chi connectivity index (χ1v) is 7.42. The summed E-state index contributed by atoms with van der Waals surface area (Å²) in [5, 5.41) is 2.73. The van der Waals surface area contributed by atoms with Crippen molar-refractivity contribution in [3.05, 3.63) is 0 Å². The molecule has 3 aliphatic heterocycles. The van der Waals surface area contributed by atoms with Crippen molar-refractivity contribution in [3.63, 3.8) is 0 Å². The number of amides is 2. The Morgan fingerprint density at radius 1 is 1.40 bits per heavy atom. The molecule has 20 heavy (non-hydrogen) atoms. The molecule has 3 saturated heterocycles. The standard InChI is InChI=1S/C14H23N3O3/c1-14(2)13(19)17(8-12(18)15-14)7-11-6-16-5-3-4-10(16)9-20-11/h10-11H,3-9H2,1-2H3,(H,15,18). The average Bonchev–Trinajstić information content (AvgIpc) is 2.82. The molecule has 2 amide bonds.